The fourth-order valence-electron chi connectivity index (χ4n) is 4.83. The Morgan fingerprint density at radius 1 is 0.679 bits per heavy atom. The number of esters is 2. The summed E-state index contributed by atoms with van der Waals surface area (Å²) in [5, 5.41) is 10.1. The van der Waals surface area contributed by atoms with Crippen molar-refractivity contribution in [3.8, 4) is 0 Å². The number of rotatable bonds is 35. The highest BCUT2D eigenvalue weighted by Gasteiger charge is 2.27. The van der Waals surface area contributed by atoms with Gasteiger partial charge in [-0.05, 0) is 64.2 Å². The first kappa shape index (κ1) is 50.7. The van der Waals surface area contributed by atoms with Crippen LogP contribution in [0.5, 0.6) is 0 Å². The van der Waals surface area contributed by atoms with Crippen molar-refractivity contribution in [1.82, 2.24) is 0 Å². The van der Waals surface area contributed by atoms with Gasteiger partial charge in [0.05, 0.1) is 33.9 Å². The summed E-state index contributed by atoms with van der Waals surface area (Å²) in [5.41, 5.74) is 0. The Hall–Kier alpha value is -2.33. The number of unbranched alkanes of at least 4 members (excludes halogenated alkanes) is 11. The first-order chi connectivity index (χ1) is 25.4. The van der Waals surface area contributed by atoms with Gasteiger partial charge in [0.1, 0.15) is 19.8 Å². The van der Waals surface area contributed by atoms with Gasteiger partial charge in [-0.2, -0.15) is 0 Å². The molecule has 0 radical (unpaired) electrons. The maximum absolute atomic E-state index is 12.6. The van der Waals surface area contributed by atoms with E-state index in [2.05, 4.69) is 32.1 Å². The summed E-state index contributed by atoms with van der Waals surface area (Å²) in [7, 11) is 1.39. The maximum atomic E-state index is 12.6. The summed E-state index contributed by atoms with van der Waals surface area (Å²) >= 11 is 0. The first-order valence-electron chi connectivity index (χ1n) is 20.1. The van der Waals surface area contributed by atoms with E-state index in [4.69, 9.17) is 18.5 Å². The van der Waals surface area contributed by atoms with Gasteiger partial charge in [-0.25, -0.2) is 4.57 Å². The van der Waals surface area contributed by atoms with Gasteiger partial charge in [0.15, 0.2) is 6.10 Å². The Morgan fingerprint density at radius 3 is 2.02 bits per heavy atom. The SMILES string of the molecule is CCCC/C=C\CCCCCCCC(=O)O[C@H](COC(=O)CCC/C=C/C/C=C\C[C@H](O)/C=C\C=C/CCCCC)COP(=O)(O)OCC[N+](C)(C)C. The molecule has 2 N–H and O–H groups in total. The third kappa shape index (κ3) is 37.8. The van der Waals surface area contributed by atoms with E-state index >= 15 is 0 Å². The molecular formula is C42H75NO9P+. The predicted octanol–water partition coefficient (Wildman–Crippen LogP) is 9.87. The number of carbonyl (C=O) groups is 2. The van der Waals surface area contributed by atoms with Gasteiger partial charge in [-0.15, -0.1) is 0 Å². The number of hydrogen-bond acceptors (Lipinski definition) is 8. The zero-order valence-electron chi connectivity index (χ0n) is 33.8. The lowest BCUT2D eigenvalue weighted by Gasteiger charge is -2.24. The van der Waals surface area contributed by atoms with E-state index in [0.717, 1.165) is 51.4 Å². The number of likely N-dealkylation sites (N-methyl/N-ethyl adjacent to an activating group) is 1. The maximum Gasteiger partial charge on any atom is 0.472 e. The number of phosphoric ester groups is 1. The summed E-state index contributed by atoms with van der Waals surface area (Å²) in [6.45, 7) is 4.15. The van der Waals surface area contributed by atoms with Gasteiger partial charge in [0.2, 0.25) is 0 Å². The molecule has 1 unspecified atom stereocenters. The second kappa shape index (κ2) is 34.2. The summed E-state index contributed by atoms with van der Waals surface area (Å²) in [6.07, 6.45) is 35.9. The zero-order chi connectivity index (χ0) is 39.5. The number of aliphatic hydroxyl groups is 1. The van der Waals surface area contributed by atoms with Crippen LogP contribution in [0.25, 0.3) is 0 Å². The Bertz CT molecular complexity index is 1110. The van der Waals surface area contributed by atoms with Crippen molar-refractivity contribution >= 4 is 19.8 Å². The molecule has 53 heavy (non-hydrogen) atoms. The zero-order valence-corrected chi connectivity index (χ0v) is 34.7. The lowest BCUT2D eigenvalue weighted by Crippen LogP contribution is -2.37. The van der Waals surface area contributed by atoms with Gasteiger partial charge < -0.3 is 24.0 Å². The summed E-state index contributed by atoms with van der Waals surface area (Å²) in [5.74, 6) is -0.925. The fraction of sp³-hybridized carbons (Fsp3) is 0.714. The number of phosphoric acid groups is 1. The molecule has 0 saturated heterocycles. The Balaban J connectivity index is 4.57. The predicted molar refractivity (Wildman–Crippen MR) is 216 cm³/mol. The standard InChI is InChI=1S/C42H74NO9P/c1-6-8-10-12-14-15-16-17-21-26-30-34-42(46)52-40(38-51-53(47,48)50-36-35-43(3,4)5)37-49-41(45)33-29-25-22-18-20-24-28-32-39(44)31-27-23-19-13-11-9-7-2/h12,14,18-19,22-24,27-28,31,39-40,44H,6-11,13,15-17,20-21,25-26,29-30,32-38H2,1-5H3/p+1/b14-12-,22-18+,23-19-,28-24-,31-27-/t39-,40-/m1/s1. The van der Waals surface area contributed by atoms with Crippen molar-refractivity contribution in [3.63, 3.8) is 0 Å². The molecule has 0 amide bonds. The normalized spacial score (nSPS) is 14.9. The molecule has 0 bridgehead atoms. The van der Waals surface area contributed by atoms with Crippen LogP contribution in [0.3, 0.4) is 0 Å². The summed E-state index contributed by atoms with van der Waals surface area (Å²) < 4.78 is 34.1. The molecule has 0 spiro atoms. The number of quaternary nitrogens is 1. The Labute approximate surface area is 322 Å². The van der Waals surface area contributed by atoms with E-state index in [1.165, 1.54) is 32.1 Å². The molecule has 10 nitrogen and oxygen atoms in total. The molecule has 0 aromatic carbocycles. The Kier molecular flexibility index (Phi) is 32.7. The quantitative estimate of drug-likeness (QED) is 0.0162. The summed E-state index contributed by atoms with van der Waals surface area (Å²) in [4.78, 5) is 35.2. The molecule has 0 saturated carbocycles. The molecule has 0 aliphatic heterocycles. The van der Waals surface area contributed by atoms with Crippen LogP contribution in [0, 0.1) is 0 Å². The second-order valence-corrected chi connectivity index (χ2v) is 16.0. The largest absolute Gasteiger partial charge is 0.472 e. The molecule has 0 heterocycles. The minimum atomic E-state index is -4.40. The van der Waals surface area contributed by atoms with E-state index in [1.54, 1.807) is 6.08 Å². The van der Waals surface area contributed by atoms with E-state index in [1.807, 2.05) is 57.6 Å². The first-order valence-corrected chi connectivity index (χ1v) is 21.6. The van der Waals surface area contributed by atoms with Crippen molar-refractivity contribution in [2.75, 3.05) is 47.5 Å². The number of hydrogen-bond donors (Lipinski definition) is 2. The molecular weight excluding hydrogens is 693 g/mol. The third-order valence-electron chi connectivity index (χ3n) is 8.10. The molecule has 0 aromatic heterocycles. The lowest BCUT2D eigenvalue weighted by molar-refractivity contribution is -0.870. The van der Waals surface area contributed by atoms with Gasteiger partial charge in [-0.1, -0.05) is 120 Å². The summed E-state index contributed by atoms with van der Waals surface area (Å²) in [6, 6.07) is 0. The van der Waals surface area contributed by atoms with Gasteiger partial charge >= 0.3 is 19.8 Å². The molecule has 306 valence electrons. The molecule has 0 rings (SSSR count). The van der Waals surface area contributed by atoms with Gasteiger partial charge in [0, 0.05) is 12.8 Å². The van der Waals surface area contributed by atoms with Crippen molar-refractivity contribution in [2.24, 2.45) is 0 Å². The molecule has 0 fully saturated rings. The van der Waals surface area contributed by atoms with Crippen LogP contribution in [0.4, 0.5) is 0 Å². The van der Waals surface area contributed by atoms with Crippen LogP contribution in [-0.2, 0) is 32.7 Å². The second-order valence-electron chi connectivity index (χ2n) is 14.5. The van der Waals surface area contributed by atoms with Crippen LogP contribution in [0.1, 0.15) is 136 Å². The number of allylic oxidation sites excluding steroid dienone is 8. The van der Waals surface area contributed by atoms with Gasteiger partial charge in [0.25, 0.3) is 0 Å². The number of ether oxygens (including phenoxy) is 2. The highest BCUT2D eigenvalue weighted by Crippen LogP contribution is 2.43. The molecule has 0 aromatic rings. The number of carbonyl (C=O) groups excluding carboxylic acids is 2. The Morgan fingerprint density at radius 2 is 1.28 bits per heavy atom. The minimum absolute atomic E-state index is 0.00861. The fourth-order valence-corrected chi connectivity index (χ4v) is 5.57. The smallest absolute Gasteiger partial charge is 0.462 e. The average Bonchev–Trinajstić information content (AvgIpc) is 3.10. The van der Waals surface area contributed by atoms with Gasteiger partial charge in [-0.3, -0.25) is 18.6 Å². The topological polar surface area (TPSA) is 129 Å². The molecule has 11 heteroatoms. The van der Waals surface area contributed by atoms with Crippen molar-refractivity contribution in [3.05, 3.63) is 60.8 Å². The van der Waals surface area contributed by atoms with Crippen LogP contribution >= 0.6 is 7.82 Å². The van der Waals surface area contributed by atoms with Crippen LogP contribution < -0.4 is 0 Å². The highest BCUT2D eigenvalue weighted by molar-refractivity contribution is 7.47. The number of aliphatic hydroxyl groups excluding tert-OH is 1. The van der Waals surface area contributed by atoms with Crippen molar-refractivity contribution in [2.45, 2.75) is 148 Å². The van der Waals surface area contributed by atoms with Crippen LogP contribution in [0.2, 0.25) is 0 Å². The monoisotopic (exact) mass is 769 g/mol. The van der Waals surface area contributed by atoms with Crippen LogP contribution in [-0.4, -0.2) is 86.1 Å². The molecule has 0 aliphatic rings. The van der Waals surface area contributed by atoms with Crippen LogP contribution in [0.15, 0.2) is 60.8 Å². The number of nitrogens with zero attached hydrogens (tertiary/aromatic N) is 1. The van der Waals surface area contributed by atoms with E-state index in [0.29, 0.717) is 36.7 Å². The highest BCUT2D eigenvalue weighted by atomic mass is 31.2. The van der Waals surface area contributed by atoms with Crippen molar-refractivity contribution < 1.29 is 47.2 Å². The van der Waals surface area contributed by atoms with Crippen molar-refractivity contribution in [1.29, 1.82) is 0 Å². The minimum Gasteiger partial charge on any atom is -0.462 e. The van der Waals surface area contributed by atoms with E-state index in [-0.39, 0.29) is 26.1 Å². The average molecular weight is 769 g/mol. The third-order valence-corrected chi connectivity index (χ3v) is 9.08. The van der Waals surface area contributed by atoms with E-state index < -0.39 is 38.6 Å². The lowest BCUT2D eigenvalue weighted by atomic mass is 10.1. The molecule has 0 aliphatic carbocycles. The molecule has 3 atom stereocenters. The van der Waals surface area contributed by atoms with E-state index in [9.17, 15) is 24.2 Å².